The van der Waals surface area contributed by atoms with Crippen LogP contribution in [-0.4, -0.2) is 7.05 Å². The second-order valence-corrected chi connectivity index (χ2v) is 4.60. The van der Waals surface area contributed by atoms with Gasteiger partial charge in [0.15, 0.2) is 0 Å². The van der Waals surface area contributed by atoms with Gasteiger partial charge < -0.3 is 18.9 Å². The quantitative estimate of drug-likeness (QED) is 0.745. The van der Waals surface area contributed by atoms with Gasteiger partial charge in [0.2, 0.25) is 0 Å². The van der Waals surface area contributed by atoms with E-state index < -0.39 is 0 Å². The van der Waals surface area contributed by atoms with Gasteiger partial charge in [-0.05, 0) is 25.2 Å². The number of para-hydroxylation sites is 1. The Morgan fingerprint density at radius 1 is 1.10 bits per heavy atom. The molecule has 2 heterocycles. The third kappa shape index (κ3) is 2.61. The van der Waals surface area contributed by atoms with Gasteiger partial charge in [0, 0.05) is 17.5 Å². The molecule has 0 saturated carbocycles. The van der Waals surface area contributed by atoms with Crippen LogP contribution < -0.4 is 5.32 Å². The fraction of sp³-hybridized carbons (Fsp3) is 0.250. The number of furan rings is 2. The van der Waals surface area contributed by atoms with Gasteiger partial charge in [0.25, 0.3) is 0 Å². The summed E-state index contributed by atoms with van der Waals surface area (Å²) in [6.45, 7) is 1.64. The number of fused-ring (bicyclic) bond motifs is 1. The third-order valence-corrected chi connectivity index (χ3v) is 3.19. The lowest BCUT2D eigenvalue weighted by molar-refractivity contribution is 0.0806. The van der Waals surface area contributed by atoms with Crippen molar-refractivity contribution in [1.29, 1.82) is 0 Å². The van der Waals surface area contributed by atoms with E-state index in [0.717, 1.165) is 34.6 Å². The summed E-state index contributed by atoms with van der Waals surface area (Å²) in [6.07, 6.45) is 1.65. The molecule has 0 fully saturated rings. The SMILES string of the molecule is CNCc1c(COCc2ccco2)oc2ccccc12. The maximum absolute atomic E-state index is 5.88. The molecule has 0 saturated heterocycles. The molecule has 0 aliphatic heterocycles. The Bertz CT molecular complexity index is 670. The maximum atomic E-state index is 5.88. The molecule has 3 rings (SSSR count). The summed E-state index contributed by atoms with van der Waals surface area (Å²) < 4.78 is 16.8. The summed E-state index contributed by atoms with van der Waals surface area (Å²) in [7, 11) is 1.93. The first kappa shape index (κ1) is 13.0. The van der Waals surface area contributed by atoms with Crippen molar-refractivity contribution in [3.8, 4) is 0 Å². The van der Waals surface area contributed by atoms with Crippen molar-refractivity contribution in [2.24, 2.45) is 0 Å². The fourth-order valence-corrected chi connectivity index (χ4v) is 2.28. The normalized spacial score (nSPS) is 11.2. The predicted molar refractivity (Wildman–Crippen MR) is 76.2 cm³/mol. The molecule has 0 radical (unpaired) electrons. The Hall–Kier alpha value is -2.04. The van der Waals surface area contributed by atoms with Gasteiger partial charge in [-0.3, -0.25) is 0 Å². The molecule has 0 bridgehead atoms. The third-order valence-electron chi connectivity index (χ3n) is 3.19. The van der Waals surface area contributed by atoms with Gasteiger partial charge in [0.1, 0.15) is 30.3 Å². The highest BCUT2D eigenvalue weighted by molar-refractivity contribution is 5.82. The minimum Gasteiger partial charge on any atom is -0.467 e. The lowest BCUT2D eigenvalue weighted by atomic mass is 10.1. The van der Waals surface area contributed by atoms with E-state index in [4.69, 9.17) is 13.6 Å². The Morgan fingerprint density at radius 2 is 2.00 bits per heavy atom. The number of hydrogen-bond acceptors (Lipinski definition) is 4. The van der Waals surface area contributed by atoms with Gasteiger partial charge in [-0.2, -0.15) is 0 Å². The van der Waals surface area contributed by atoms with E-state index in [1.807, 2.05) is 37.4 Å². The van der Waals surface area contributed by atoms with Crippen molar-refractivity contribution in [3.05, 3.63) is 59.7 Å². The lowest BCUT2D eigenvalue weighted by Crippen LogP contribution is -2.07. The first-order chi connectivity index (χ1) is 9.88. The van der Waals surface area contributed by atoms with Crippen LogP contribution in [0.4, 0.5) is 0 Å². The number of benzene rings is 1. The van der Waals surface area contributed by atoms with Gasteiger partial charge >= 0.3 is 0 Å². The van der Waals surface area contributed by atoms with Crippen LogP contribution in [0.15, 0.2) is 51.5 Å². The van der Waals surface area contributed by atoms with Crippen molar-refractivity contribution in [3.63, 3.8) is 0 Å². The van der Waals surface area contributed by atoms with Gasteiger partial charge in [-0.25, -0.2) is 0 Å². The van der Waals surface area contributed by atoms with E-state index in [9.17, 15) is 0 Å². The van der Waals surface area contributed by atoms with Crippen LogP contribution in [0.5, 0.6) is 0 Å². The average Bonchev–Trinajstić information content (AvgIpc) is 3.08. The highest BCUT2D eigenvalue weighted by Crippen LogP contribution is 2.26. The van der Waals surface area contributed by atoms with Crippen molar-refractivity contribution in [2.45, 2.75) is 19.8 Å². The zero-order valence-electron chi connectivity index (χ0n) is 11.4. The Labute approximate surface area is 117 Å². The zero-order valence-corrected chi connectivity index (χ0v) is 11.4. The molecular weight excluding hydrogens is 254 g/mol. The first-order valence-corrected chi connectivity index (χ1v) is 6.62. The molecule has 1 aromatic carbocycles. The van der Waals surface area contributed by atoms with Crippen molar-refractivity contribution >= 4 is 11.0 Å². The van der Waals surface area contributed by atoms with Crippen LogP contribution in [0, 0.1) is 0 Å². The molecule has 4 heteroatoms. The first-order valence-electron chi connectivity index (χ1n) is 6.62. The van der Waals surface area contributed by atoms with Crippen LogP contribution in [0.25, 0.3) is 11.0 Å². The maximum Gasteiger partial charge on any atom is 0.135 e. The lowest BCUT2D eigenvalue weighted by Gasteiger charge is -2.03. The predicted octanol–water partition coefficient (Wildman–Crippen LogP) is 3.46. The molecule has 0 unspecified atom stereocenters. The van der Waals surface area contributed by atoms with Crippen LogP contribution >= 0.6 is 0 Å². The Kier molecular flexibility index (Phi) is 3.85. The summed E-state index contributed by atoms with van der Waals surface area (Å²) in [4.78, 5) is 0. The molecule has 4 nitrogen and oxygen atoms in total. The van der Waals surface area contributed by atoms with Crippen LogP contribution in [0.2, 0.25) is 0 Å². The van der Waals surface area contributed by atoms with Crippen molar-refractivity contribution in [1.82, 2.24) is 5.32 Å². The number of ether oxygens (including phenoxy) is 1. The van der Waals surface area contributed by atoms with Crippen molar-refractivity contribution in [2.75, 3.05) is 7.05 Å². The van der Waals surface area contributed by atoms with Gasteiger partial charge in [0.05, 0.1) is 6.26 Å². The van der Waals surface area contributed by atoms with Crippen LogP contribution in [-0.2, 0) is 24.5 Å². The minimum absolute atomic E-state index is 0.437. The number of nitrogens with one attached hydrogen (secondary N) is 1. The summed E-state index contributed by atoms with van der Waals surface area (Å²) in [5.41, 5.74) is 2.05. The minimum atomic E-state index is 0.437. The molecule has 1 N–H and O–H groups in total. The molecule has 0 spiro atoms. The van der Waals surface area contributed by atoms with Crippen LogP contribution in [0.3, 0.4) is 0 Å². The fourth-order valence-electron chi connectivity index (χ4n) is 2.28. The molecule has 0 aliphatic carbocycles. The molecule has 2 aromatic heterocycles. The molecule has 3 aromatic rings. The van der Waals surface area contributed by atoms with Crippen molar-refractivity contribution < 1.29 is 13.6 Å². The van der Waals surface area contributed by atoms with E-state index >= 15 is 0 Å². The van der Waals surface area contributed by atoms with Gasteiger partial charge in [-0.15, -0.1) is 0 Å². The van der Waals surface area contributed by atoms with E-state index in [-0.39, 0.29) is 0 Å². The zero-order chi connectivity index (χ0) is 13.8. The second kappa shape index (κ2) is 5.94. The van der Waals surface area contributed by atoms with E-state index in [2.05, 4.69) is 11.4 Å². The summed E-state index contributed by atoms with van der Waals surface area (Å²) in [5.74, 6) is 1.68. The molecule has 0 amide bonds. The average molecular weight is 271 g/mol. The van der Waals surface area contributed by atoms with E-state index in [1.165, 1.54) is 0 Å². The Balaban J connectivity index is 1.77. The standard InChI is InChI=1S/C16H17NO3/c1-17-9-14-13-6-2-3-7-15(13)20-16(14)11-18-10-12-5-4-8-19-12/h2-8,17H,9-11H2,1H3. The van der Waals surface area contributed by atoms with Gasteiger partial charge in [-0.1, -0.05) is 18.2 Å². The molecule has 104 valence electrons. The highest BCUT2D eigenvalue weighted by atomic mass is 16.5. The largest absolute Gasteiger partial charge is 0.467 e. The molecule has 20 heavy (non-hydrogen) atoms. The van der Waals surface area contributed by atoms with Crippen LogP contribution in [0.1, 0.15) is 17.1 Å². The second-order valence-electron chi connectivity index (χ2n) is 4.60. The smallest absolute Gasteiger partial charge is 0.135 e. The number of rotatable bonds is 6. The summed E-state index contributed by atoms with van der Waals surface area (Å²) in [5, 5.41) is 4.31. The Morgan fingerprint density at radius 3 is 2.80 bits per heavy atom. The number of hydrogen-bond donors (Lipinski definition) is 1. The van der Waals surface area contributed by atoms with E-state index in [1.54, 1.807) is 6.26 Å². The summed E-state index contributed by atoms with van der Waals surface area (Å²) >= 11 is 0. The highest BCUT2D eigenvalue weighted by Gasteiger charge is 2.13. The van der Waals surface area contributed by atoms with E-state index in [0.29, 0.717) is 13.2 Å². The molecule has 0 atom stereocenters. The topological polar surface area (TPSA) is 47.5 Å². The summed E-state index contributed by atoms with van der Waals surface area (Å²) in [6, 6.07) is 11.8. The molecule has 0 aliphatic rings. The molecular formula is C16H17NO3. The monoisotopic (exact) mass is 271 g/mol.